The molecule has 2 aliphatic heterocycles. The van der Waals surface area contributed by atoms with Crippen LogP contribution in [-0.4, -0.2) is 65.8 Å². The Labute approximate surface area is 147 Å². The van der Waals surface area contributed by atoms with Crippen LogP contribution < -0.4 is 10.1 Å². The second kappa shape index (κ2) is 9.51. The Morgan fingerprint density at radius 3 is 2.42 bits per heavy atom. The van der Waals surface area contributed by atoms with Crippen molar-refractivity contribution >= 4 is 11.0 Å². The predicted octanol–water partition coefficient (Wildman–Crippen LogP) is 1.87. The van der Waals surface area contributed by atoms with Gasteiger partial charge in [0.05, 0.1) is 11.5 Å². The molecule has 5 nitrogen and oxygen atoms in total. The van der Waals surface area contributed by atoms with Crippen LogP contribution in [0.5, 0.6) is 5.75 Å². The summed E-state index contributed by atoms with van der Waals surface area (Å²) in [6.45, 7) is 7.84. The Hall–Kier alpha value is -0.950. The van der Waals surface area contributed by atoms with Gasteiger partial charge in [-0.15, -0.1) is 0 Å². The van der Waals surface area contributed by atoms with Crippen molar-refractivity contribution in [2.24, 2.45) is 0 Å². The van der Waals surface area contributed by atoms with Gasteiger partial charge in [-0.05, 0) is 56.6 Å². The minimum absolute atomic E-state index is 0.747. The molecule has 0 radical (unpaired) electrons. The monoisotopic (exact) mass is 351 g/mol. The summed E-state index contributed by atoms with van der Waals surface area (Å²) < 4.78 is 20.4. The van der Waals surface area contributed by atoms with Crippen molar-refractivity contribution in [1.82, 2.24) is 14.5 Å². The third-order valence-corrected chi connectivity index (χ3v) is 6.18. The molecule has 2 fully saturated rings. The van der Waals surface area contributed by atoms with E-state index in [2.05, 4.69) is 10.2 Å². The fraction of sp³-hybridized carbons (Fsp3) is 0.667. The van der Waals surface area contributed by atoms with Crippen LogP contribution in [0, 0.1) is 0 Å². The lowest BCUT2D eigenvalue weighted by atomic mass is 10.1. The molecule has 1 N–H and O–H groups in total. The fourth-order valence-electron chi connectivity index (χ4n) is 3.27. The lowest BCUT2D eigenvalue weighted by Gasteiger charge is -2.26. The van der Waals surface area contributed by atoms with E-state index >= 15 is 0 Å². The van der Waals surface area contributed by atoms with Crippen molar-refractivity contribution < 1.29 is 8.95 Å². The van der Waals surface area contributed by atoms with Gasteiger partial charge in [0.15, 0.2) is 0 Å². The third kappa shape index (κ3) is 5.28. The molecular weight excluding hydrogens is 322 g/mol. The van der Waals surface area contributed by atoms with Crippen molar-refractivity contribution in [1.29, 1.82) is 0 Å². The Kier molecular flexibility index (Phi) is 7.08. The maximum atomic E-state index is 12.5. The first kappa shape index (κ1) is 17.9. The third-order valence-electron chi connectivity index (χ3n) is 4.67. The Morgan fingerprint density at radius 2 is 1.71 bits per heavy atom. The van der Waals surface area contributed by atoms with E-state index in [9.17, 15) is 4.21 Å². The maximum absolute atomic E-state index is 12.5. The van der Waals surface area contributed by atoms with E-state index in [0.717, 1.165) is 56.4 Å². The zero-order chi connectivity index (χ0) is 16.6. The van der Waals surface area contributed by atoms with Crippen LogP contribution >= 0.6 is 0 Å². The summed E-state index contributed by atoms with van der Waals surface area (Å²) in [7, 11) is -1.06. The number of hydrogen-bond donors (Lipinski definition) is 1. The number of likely N-dealkylation sites (tertiary alicyclic amines) is 1. The Bertz CT molecular complexity index is 512. The molecule has 0 aliphatic carbocycles. The van der Waals surface area contributed by atoms with Gasteiger partial charge in [0.2, 0.25) is 0 Å². The van der Waals surface area contributed by atoms with Crippen LogP contribution in [0.25, 0.3) is 0 Å². The minimum atomic E-state index is -1.06. The molecule has 6 heteroatoms. The molecule has 1 atom stereocenters. The molecule has 0 aromatic heterocycles. The summed E-state index contributed by atoms with van der Waals surface area (Å²) in [4.78, 5) is 3.39. The lowest BCUT2D eigenvalue weighted by molar-refractivity contribution is 0.205. The molecule has 0 spiro atoms. The van der Waals surface area contributed by atoms with Crippen LogP contribution in [0.2, 0.25) is 0 Å². The molecular formula is C18H29N3O2S. The molecule has 1 unspecified atom stereocenters. The molecule has 2 saturated heterocycles. The molecule has 2 aliphatic rings. The summed E-state index contributed by atoms with van der Waals surface area (Å²) in [5.74, 6) is 0.870. The van der Waals surface area contributed by atoms with Crippen molar-refractivity contribution in [3.05, 3.63) is 24.3 Å². The van der Waals surface area contributed by atoms with Crippen LogP contribution in [-0.2, 0) is 11.0 Å². The summed E-state index contributed by atoms with van der Waals surface area (Å²) in [6, 6.07) is 7.74. The summed E-state index contributed by atoms with van der Waals surface area (Å²) in [6.07, 6.45) is 5.13. The zero-order valence-corrected chi connectivity index (χ0v) is 15.2. The van der Waals surface area contributed by atoms with E-state index in [1.54, 1.807) is 0 Å². The molecule has 134 valence electrons. The maximum Gasteiger partial charge on any atom is 0.127 e. The molecule has 0 saturated carbocycles. The van der Waals surface area contributed by atoms with Gasteiger partial charge < -0.3 is 15.0 Å². The van der Waals surface area contributed by atoms with E-state index in [-0.39, 0.29) is 0 Å². The quantitative estimate of drug-likeness (QED) is 0.762. The van der Waals surface area contributed by atoms with Crippen molar-refractivity contribution in [3.8, 4) is 5.75 Å². The highest BCUT2D eigenvalue weighted by atomic mass is 32.2. The number of ether oxygens (including phenoxy) is 1. The molecule has 3 rings (SSSR count). The first-order valence-corrected chi connectivity index (χ1v) is 10.3. The van der Waals surface area contributed by atoms with E-state index in [0.29, 0.717) is 0 Å². The number of hydrogen-bond acceptors (Lipinski definition) is 4. The first-order valence-electron chi connectivity index (χ1n) is 9.16. The van der Waals surface area contributed by atoms with Gasteiger partial charge in [0, 0.05) is 32.7 Å². The molecule has 1 aromatic carbocycles. The van der Waals surface area contributed by atoms with E-state index in [4.69, 9.17) is 4.74 Å². The second-order valence-corrected chi connectivity index (χ2v) is 7.99. The number of nitrogens with zero attached hydrogens (tertiary/aromatic N) is 2. The number of nitrogens with one attached hydrogen (secondary N) is 1. The summed E-state index contributed by atoms with van der Waals surface area (Å²) >= 11 is 0. The van der Waals surface area contributed by atoms with E-state index < -0.39 is 11.0 Å². The van der Waals surface area contributed by atoms with Gasteiger partial charge in [-0.25, -0.2) is 8.51 Å². The molecule has 2 heterocycles. The van der Waals surface area contributed by atoms with Gasteiger partial charge in [0.25, 0.3) is 0 Å². The number of piperazine rings is 1. The number of rotatable bonds is 7. The highest BCUT2D eigenvalue weighted by Crippen LogP contribution is 2.17. The van der Waals surface area contributed by atoms with Gasteiger partial charge >= 0.3 is 0 Å². The highest BCUT2D eigenvalue weighted by molar-refractivity contribution is 7.82. The van der Waals surface area contributed by atoms with Crippen LogP contribution in [0.4, 0.5) is 0 Å². The Balaban J connectivity index is 1.40. The van der Waals surface area contributed by atoms with Crippen molar-refractivity contribution in [2.75, 3.05) is 52.4 Å². The molecule has 0 amide bonds. The zero-order valence-electron chi connectivity index (χ0n) is 14.4. The molecule has 0 bridgehead atoms. The molecule has 1 aromatic rings. The fourth-order valence-corrected chi connectivity index (χ4v) is 4.45. The highest BCUT2D eigenvalue weighted by Gasteiger charge is 2.17. The van der Waals surface area contributed by atoms with Gasteiger partial charge in [-0.2, -0.15) is 0 Å². The van der Waals surface area contributed by atoms with Crippen LogP contribution in [0.3, 0.4) is 0 Å². The second-order valence-electron chi connectivity index (χ2n) is 6.50. The largest absolute Gasteiger partial charge is 0.494 e. The summed E-state index contributed by atoms with van der Waals surface area (Å²) in [5.41, 5.74) is 0. The minimum Gasteiger partial charge on any atom is -0.494 e. The normalized spacial score (nSPS) is 21.5. The SMILES string of the molecule is O=S(c1ccc(OCCCN2CCCCC2)cc1)N1CCNCC1. The van der Waals surface area contributed by atoms with E-state index in [1.165, 1.54) is 32.4 Å². The van der Waals surface area contributed by atoms with Gasteiger partial charge in [0.1, 0.15) is 16.7 Å². The molecule has 24 heavy (non-hydrogen) atoms. The smallest absolute Gasteiger partial charge is 0.127 e. The average Bonchev–Trinajstić information content (AvgIpc) is 2.67. The standard InChI is InChI=1S/C18H29N3O2S/c22-24(21-14-9-19-10-15-21)18-7-5-17(6-8-18)23-16-4-13-20-11-2-1-3-12-20/h5-8,19H,1-4,9-16H2. The van der Waals surface area contributed by atoms with Crippen molar-refractivity contribution in [3.63, 3.8) is 0 Å². The first-order chi connectivity index (χ1) is 11.8. The Morgan fingerprint density at radius 1 is 1.00 bits per heavy atom. The van der Waals surface area contributed by atoms with Gasteiger partial charge in [-0.1, -0.05) is 6.42 Å². The van der Waals surface area contributed by atoms with Crippen LogP contribution in [0.15, 0.2) is 29.2 Å². The van der Waals surface area contributed by atoms with Gasteiger partial charge in [-0.3, -0.25) is 0 Å². The van der Waals surface area contributed by atoms with Crippen LogP contribution in [0.1, 0.15) is 25.7 Å². The summed E-state index contributed by atoms with van der Waals surface area (Å²) in [5, 5.41) is 3.28. The van der Waals surface area contributed by atoms with E-state index in [1.807, 2.05) is 28.6 Å². The topological polar surface area (TPSA) is 44.8 Å². The van der Waals surface area contributed by atoms with Crippen molar-refractivity contribution in [2.45, 2.75) is 30.6 Å². The predicted molar refractivity (Wildman–Crippen MR) is 97.7 cm³/mol. The number of benzene rings is 1. The number of piperidine rings is 1. The average molecular weight is 352 g/mol. The lowest BCUT2D eigenvalue weighted by Crippen LogP contribution is -2.44.